The lowest BCUT2D eigenvalue weighted by atomic mass is 9.94. The van der Waals surface area contributed by atoms with Gasteiger partial charge >= 0.3 is 0 Å². The molecule has 3 aliphatic rings. The van der Waals surface area contributed by atoms with Crippen molar-refractivity contribution >= 4 is 11.6 Å². The summed E-state index contributed by atoms with van der Waals surface area (Å²) in [6, 6.07) is 7.74. The SMILES string of the molecule is C=CC[C@H]1O[C@@H]2OC3(CCCCC3)O[C@@H]2[C@H]1OCc1ccccc1Cl. The van der Waals surface area contributed by atoms with Crippen LogP contribution in [0.2, 0.25) is 5.02 Å². The Hall–Kier alpha value is -0.910. The second-order valence-electron chi connectivity index (χ2n) is 7.11. The van der Waals surface area contributed by atoms with E-state index >= 15 is 0 Å². The minimum Gasteiger partial charge on any atom is -0.368 e. The zero-order chi connectivity index (χ0) is 17.3. The third-order valence-electron chi connectivity index (χ3n) is 5.35. The summed E-state index contributed by atoms with van der Waals surface area (Å²) >= 11 is 6.25. The van der Waals surface area contributed by atoms with Crippen LogP contribution in [0.15, 0.2) is 36.9 Å². The molecule has 1 aromatic carbocycles. The molecule has 1 aliphatic carbocycles. The molecule has 2 aliphatic heterocycles. The highest BCUT2D eigenvalue weighted by atomic mass is 35.5. The van der Waals surface area contributed by atoms with Crippen LogP contribution in [0.1, 0.15) is 44.1 Å². The summed E-state index contributed by atoms with van der Waals surface area (Å²) in [6.07, 6.45) is 7.14. The molecule has 2 saturated heterocycles. The fourth-order valence-electron chi connectivity index (χ4n) is 4.08. The van der Waals surface area contributed by atoms with Crippen molar-refractivity contribution in [2.45, 2.75) is 75.5 Å². The molecule has 0 bridgehead atoms. The predicted molar refractivity (Wildman–Crippen MR) is 95.3 cm³/mol. The molecule has 0 amide bonds. The molecule has 2 heterocycles. The highest BCUT2D eigenvalue weighted by molar-refractivity contribution is 6.31. The van der Waals surface area contributed by atoms with Crippen LogP contribution in [-0.2, 0) is 25.6 Å². The Bertz CT molecular complexity index is 613. The van der Waals surface area contributed by atoms with Crippen molar-refractivity contribution < 1.29 is 18.9 Å². The van der Waals surface area contributed by atoms with Crippen molar-refractivity contribution in [2.75, 3.05) is 0 Å². The predicted octanol–water partition coefficient (Wildman–Crippen LogP) is 4.60. The molecule has 4 atom stereocenters. The highest BCUT2D eigenvalue weighted by Gasteiger charge is 2.58. The summed E-state index contributed by atoms with van der Waals surface area (Å²) in [6.45, 7) is 4.26. The van der Waals surface area contributed by atoms with E-state index < -0.39 is 5.79 Å². The Morgan fingerprint density at radius 2 is 2.00 bits per heavy atom. The van der Waals surface area contributed by atoms with Crippen molar-refractivity contribution in [2.24, 2.45) is 0 Å². The Labute approximate surface area is 154 Å². The molecule has 4 rings (SSSR count). The van der Waals surface area contributed by atoms with E-state index in [2.05, 4.69) is 6.58 Å². The standard InChI is InChI=1S/C20H25ClO4/c1-2-8-16-17(22-13-14-9-4-5-10-15(14)21)18-19(23-16)25-20(24-18)11-6-3-7-12-20/h2,4-5,9-10,16-19H,1,3,6-8,11-13H2/t16-,17+,18-,19-/m1/s1. The number of ether oxygens (including phenoxy) is 4. The van der Waals surface area contributed by atoms with Crippen LogP contribution >= 0.6 is 11.6 Å². The van der Waals surface area contributed by atoms with E-state index in [9.17, 15) is 0 Å². The zero-order valence-electron chi connectivity index (χ0n) is 14.4. The Morgan fingerprint density at radius 3 is 2.76 bits per heavy atom. The normalized spacial score (nSPS) is 33.5. The van der Waals surface area contributed by atoms with Gasteiger partial charge in [-0.05, 0) is 30.9 Å². The van der Waals surface area contributed by atoms with Gasteiger partial charge in [-0.15, -0.1) is 6.58 Å². The largest absolute Gasteiger partial charge is 0.368 e. The first kappa shape index (κ1) is 17.5. The van der Waals surface area contributed by atoms with Crippen molar-refractivity contribution in [3.63, 3.8) is 0 Å². The van der Waals surface area contributed by atoms with Gasteiger partial charge in [0.25, 0.3) is 0 Å². The van der Waals surface area contributed by atoms with Gasteiger partial charge in [0, 0.05) is 17.9 Å². The minimum absolute atomic E-state index is 0.101. The van der Waals surface area contributed by atoms with Crippen molar-refractivity contribution in [3.05, 3.63) is 47.5 Å². The van der Waals surface area contributed by atoms with Crippen LogP contribution in [0.25, 0.3) is 0 Å². The lowest BCUT2D eigenvalue weighted by molar-refractivity contribution is -0.248. The molecule has 1 saturated carbocycles. The first-order valence-corrected chi connectivity index (χ1v) is 9.56. The Balaban J connectivity index is 1.47. The molecule has 4 nitrogen and oxygen atoms in total. The molecule has 1 aromatic rings. The molecule has 0 unspecified atom stereocenters. The molecule has 1 spiro atoms. The van der Waals surface area contributed by atoms with Crippen molar-refractivity contribution in [1.29, 1.82) is 0 Å². The molecule has 3 fully saturated rings. The number of fused-ring (bicyclic) bond motifs is 1. The van der Waals surface area contributed by atoms with E-state index in [1.165, 1.54) is 6.42 Å². The molecule has 25 heavy (non-hydrogen) atoms. The van der Waals surface area contributed by atoms with Crippen LogP contribution in [0.4, 0.5) is 0 Å². The number of rotatable bonds is 5. The van der Waals surface area contributed by atoms with Crippen molar-refractivity contribution in [3.8, 4) is 0 Å². The smallest absolute Gasteiger partial charge is 0.190 e. The summed E-state index contributed by atoms with van der Waals surface area (Å²) in [5.74, 6) is -0.473. The fraction of sp³-hybridized carbons (Fsp3) is 0.600. The molecular formula is C20H25ClO4. The van der Waals surface area contributed by atoms with Gasteiger partial charge in [-0.1, -0.05) is 42.3 Å². The van der Waals surface area contributed by atoms with Crippen molar-refractivity contribution in [1.82, 2.24) is 0 Å². The third kappa shape index (κ3) is 3.51. The average molecular weight is 365 g/mol. The fourth-order valence-corrected chi connectivity index (χ4v) is 4.27. The van der Waals surface area contributed by atoms with Gasteiger partial charge in [0.1, 0.15) is 12.2 Å². The summed E-state index contributed by atoms with van der Waals surface area (Å²) in [4.78, 5) is 0. The minimum atomic E-state index is -0.473. The lowest BCUT2D eigenvalue weighted by Gasteiger charge is -2.34. The second kappa shape index (κ2) is 7.37. The highest BCUT2D eigenvalue weighted by Crippen LogP contribution is 2.46. The maximum absolute atomic E-state index is 6.38. The maximum Gasteiger partial charge on any atom is 0.190 e. The van der Waals surface area contributed by atoms with E-state index in [0.29, 0.717) is 18.1 Å². The maximum atomic E-state index is 6.38. The van der Waals surface area contributed by atoms with Crippen LogP contribution in [-0.4, -0.2) is 30.4 Å². The van der Waals surface area contributed by atoms with E-state index in [1.54, 1.807) is 0 Å². The molecule has 0 N–H and O–H groups in total. The summed E-state index contributed by atoms with van der Waals surface area (Å²) in [7, 11) is 0. The monoisotopic (exact) mass is 364 g/mol. The topological polar surface area (TPSA) is 36.9 Å². The summed E-state index contributed by atoms with van der Waals surface area (Å²) in [5, 5.41) is 0.713. The number of hydrogen-bond donors (Lipinski definition) is 0. The van der Waals surface area contributed by atoms with Gasteiger partial charge in [0.2, 0.25) is 0 Å². The van der Waals surface area contributed by atoms with Crippen LogP contribution in [0, 0.1) is 0 Å². The van der Waals surface area contributed by atoms with Gasteiger partial charge in [-0.25, -0.2) is 0 Å². The van der Waals surface area contributed by atoms with Gasteiger partial charge in [0.15, 0.2) is 12.1 Å². The number of hydrogen-bond acceptors (Lipinski definition) is 4. The summed E-state index contributed by atoms with van der Waals surface area (Å²) < 4.78 is 24.9. The molecule has 5 heteroatoms. The van der Waals surface area contributed by atoms with E-state index in [4.69, 9.17) is 30.5 Å². The van der Waals surface area contributed by atoms with E-state index in [1.807, 2.05) is 30.3 Å². The summed E-state index contributed by atoms with van der Waals surface area (Å²) in [5.41, 5.74) is 0.969. The molecule has 0 radical (unpaired) electrons. The Morgan fingerprint density at radius 1 is 1.20 bits per heavy atom. The van der Waals surface area contributed by atoms with Crippen LogP contribution < -0.4 is 0 Å². The van der Waals surface area contributed by atoms with Gasteiger partial charge in [0.05, 0.1) is 12.7 Å². The van der Waals surface area contributed by atoms with Gasteiger partial charge in [-0.2, -0.15) is 0 Å². The average Bonchev–Trinajstić information content (AvgIpc) is 3.09. The van der Waals surface area contributed by atoms with Gasteiger partial charge < -0.3 is 18.9 Å². The van der Waals surface area contributed by atoms with Crippen LogP contribution in [0.3, 0.4) is 0 Å². The van der Waals surface area contributed by atoms with E-state index in [-0.39, 0.29) is 24.6 Å². The first-order valence-electron chi connectivity index (χ1n) is 9.18. The first-order chi connectivity index (χ1) is 12.2. The third-order valence-corrected chi connectivity index (χ3v) is 5.72. The molecular weight excluding hydrogens is 340 g/mol. The lowest BCUT2D eigenvalue weighted by Crippen LogP contribution is -2.39. The zero-order valence-corrected chi connectivity index (χ0v) is 15.1. The number of halogens is 1. The number of benzene rings is 1. The van der Waals surface area contributed by atoms with Crippen LogP contribution in [0.5, 0.6) is 0 Å². The second-order valence-corrected chi connectivity index (χ2v) is 7.51. The van der Waals surface area contributed by atoms with E-state index in [0.717, 1.165) is 31.2 Å². The molecule has 136 valence electrons. The van der Waals surface area contributed by atoms with Gasteiger partial charge in [-0.3, -0.25) is 0 Å². The quantitative estimate of drug-likeness (QED) is 0.715. The Kier molecular flexibility index (Phi) is 5.16. The molecule has 0 aromatic heterocycles.